The van der Waals surface area contributed by atoms with Gasteiger partial charge in [0.2, 0.25) is 0 Å². The molecule has 5 nitrogen and oxygen atoms in total. The highest BCUT2D eigenvalue weighted by Gasteiger charge is 2.39. The van der Waals surface area contributed by atoms with E-state index in [9.17, 15) is 0 Å². The van der Waals surface area contributed by atoms with Gasteiger partial charge >= 0.3 is 0 Å². The maximum Gasteiger partial charge on any atom is 0.285 e. The molecule has 150 valence electrons. The van der Waals surface area contributed by atoms with Gasteiger partial charge in [0.05, 0.1) is 0 Å². The Morgan fingerprint density at radius 3 is 2.12 bits per heavy atom. The Balaban J connectivity index is 2.43. The van der Waals surface area contributed by atoms with Gasteiger partial charge in [-0.1, -0.05) is 51.9 Å². The third-order valence-corrected chi connectivity index (χ3v) is 5.49. The number of piperazine rings is 1. The van der Waals surface area contributed by atoms with Crippen LogP contribution in [-0.4, -0.2) is 53.0 Å². The highest BCUT2D eigenvalue weighted by Crippen LogP contribution is 2.33. The van der Waals surface area contributed by atoms with E-state index in [-0.39, 0.29) is 5.92 Å². The lowest BCUT2D eigenvalue weighted by Gasteiger charge is -2.37. The molecule has 0 amide bonds. The average molecular weight is 359 g/mol. The first-order valence-corrected chi connectivity index (χ1v) is 10.3. The van der Waals surface area contributed by atoms with Gasteiger partial charge in [-0.15, -0.1) is 0 Å². The Hall–Kier alpha value is -0.200. The summed E-state index contributed by atoms with van der Waals surface area (Å²) in [6.07, 6.45) is 12.4. The summed E-state index contributed by atoms with van der Waals surface area (Å²) < 4.78 is 17.0. The fraction of sp³-hybridized carbons (Fsp3) is 1.00. The van der Waals surface area contributed by atoms with Crippen LogP contribution < -0.4 is 10.6 Å². The van der Waals surface area contributed by atoms with E-state index < -0.39 is 5.97 Å². The highest BCUT2D eigenvalue weighted by atomic mass is 16.9. The molecule has 0 spiro atoms. The Morgan fingerprint density at radius 1 is 0.880 bits per heavy atom. The van der Waals surface area contributed by atoms with Crippen LogP contribution >= 0.6 is 0 Å². The van der Waals surface area contributed by atoms with Crippen LogP contribution in [-0.2, 0) is 14.2 Å². The Kier molecular flexibility index (Phi) is 12.7. The van der Waals surface area contributed by atoms with E-state index in [1.54, 1.807) is 21.3 Å². The average Bonchev–Trinajstić information content (AvgIpc) is 2.66. The second kappa shape index (κ2) is 13.9. The second-order valence-electron chi connectivity index (χ2n) is 7.26. The van der Waals surface area contributed by atoms with Crippen molar-refractivity contribution in [3.63, 3.8) is 0 Å². The maximum atomic E-state index is 5.66. The zero-order valence-electron chi connectivity index (χ0n) is 17.1. The van der Waals surface area contributed by atoms with Gasteiger partial charge in [-0.3, -0.25) is 0 Å². The lowest BCUT2D eigenvalue weighted by molar-refractivity contribution is -0.380. The molecule has 2 atom stereocenters. The molecule has 2 N–H and O–H groups in total. The van der Waals surface area contributed by atoms with Crippen LogP contribution in [0.2, 0.25) is 0 Å². The molecule has 25 heavy (non-hydrogen) atoms. The lowest BCUT2D eigenvalue weighted by atomic mass is 9.91. The van der Waals surface area contributed by atoms with Gasteiger partial charge in [0.1, 0.15) is 0 Å². The summed E-state index contributed by atoms with van der Waals surface area (Å²) in [6, 6.07) is 0.588. The standard InChI is InChI=1S/C20H42N2O3/c1-5-6-7-8-9-10-12-18(20(23-2,24-3)25-4)13-11-14-19-17-21-15-16-22-19/h18-19,21-22H,5-17H2,1-4H3. The molecule has 0 saturated carbocycles. The Bertz CT molecular complexity index is 297. The minimum absolute atomic E-state index is 0.273. The van der Waals surface area contributed by atoms with Gasteiger partial charge < -0.3 is 24.8 Å². The van der Waals surface area contributed by atoms with Crippen molar-refractivity contribution in [1.29, 1.82) is 0 Å². The first-order valence-electron chi connectivity index (χ1n) is 10.3. The molecule has 0 bridgehead atoms. The molecule has 5 heteroatoms. The van der Waals surface area contributed by atoms with E-state index in [0.29, 0.717) is 6.04 Å². The Labute approximate surface area is 155 Å². The van der Waals surface area contributed by atoms with Gasteiger partial charge in [0.15, 0.2) is 0 Å². The van der Waals surface area contributed by atoms with Gasteiger partial charge in [-0.25, -0.2) is 0 Å². The number of rotatable bonds is 15. The van der Waals surface area contributed by atoms with Crippen LogP contribution in [0.4, 0.5) is 0 Å². The summed E-state index contributed by atoms with van der Waals surface area (Å²) in [7, 11) is 5.07. The van der Waals surface area contributed by atoms with Gasteiger partial charge in [0, 0.05) is 52.9 Å². The number of unbranched alkanes of at least 4 members (excludes halogenated alkanes) is 5. The predicted molar refractivity (Wildman–Crippen MR) is 104 cm³/mol. The van der Waals surface area contributed by atoms with E-state index in [1.165, 1.54) is 44.9 Å². The molecule has 0 aromatic rings. The Morgan fingerprint density at radius 2 is 1.52 bits per heavy atom. The van der Waals surface area contributed by atoms with Crippen molar-refractivity contribution in [3.8, 4) is 0 Å². The van der Waals surface area contributed by atoms with Gasteiger partial charge in [-0.05, 0) is 19.3 Å². The molecule has 1 heterocycles. The number of hydrogen-bond donors (Lipinski definition) is 2. The van der Waals surface area contributed by atoms with Crippen LogP contribution in [0.5, 0.6) is 0 Å². The summed E-state index contributed by atoms with van der Waals surface area (Å²) in [5.74, 6) is -0.628. The van der Waals surface area contributed by atoms with Crippen LogP contribution in [0.1, 0.15) is 71.1 Å². The van der Waals surface area contributed by atoms with E-state index in [1.807, 2.05) is 0 Å². The number of hydrogen-bond acceptors (Lipinski definition) is 5. The van der Waals surface area contributed by atoms with E-state index >= 15 is 0 Å². The fourth-order valence-corrected chi connectivity index (χ4v) is 3.95. The summed E-state index contributed by atoms with van der Waals surface area (Å²) in [5.41, 5.74) is 0. The van der Waals surface area contributed by atoms with Crippen LogP contribution in [0, 0.1) is 5.92 Å². The van der Waals surface area contributed by atoms with Gasteiger partial charge in [-0.2, -0.15) is 0 Å². The predicted octanol–water partition coefficient (Wildman–Crippen LogP) is 3.68. The third kappa shape index (κ3) is 8.35. The van der Waals surface area contributed by atoms with Crippen molar-refractivity contribution in [2.24, 2.45) is 5.92 Å². The van der Waals surface area contributed by atoms with Crippen molar-refractivity contribution in [3.05, 3.63) is 0 Å². The molecule has 1 saturated heterocycles. The van der Waals surface area contributed by atoms with Crippen molar-refractivity contribution in [2.45, 2.75) is 83.1 Å². The molecule has 1 fully saturated rings. The van der Waals surface area contributed by atoms with Crippen molar-refractivity contribution >= 4 is 0 Å². The minimum Gasteiger partial charge on any atom is -0.331 e. The molecular weight excluding hydrogens is 316 g/mol. The van der Waals surface area contributed by atoms with Crippen molar-refractivity contribution in [1.82, 2.24) is 10.6 Å². The van der Waals surface area contributed by atoms with E-state index in [0.717, 1.165) is 38.9 Å². The molecular formula is C20H42N2O3. The summed E-state index contributed by atoms with van der Waals surface area (Å²) in [6.45, 7) is 5.49. The molecule has 0 aromatic heterocycles. The summed E-state index contributed by atoms with van der Waals surface area (Å²) >= 11 is 0. The smallest absolute Gasteiger partial charge is 0.285 e. The quantitative estimate of drug-likeness (QED) is 0.345. The molecule has 1 rings (SSSR count). The van der Waals surface area contributed by atoms with Crippen LogP contribution in [0.25, 0.3) is 0 Å². The largest absolute Gasteiger partial charge is 0.331 e. The molecule has 2 unspecified atom stereocenters. The second-order valence-corrected chi connectivity index (χ2v) is 7.26. The summed E-state index contributed by atoms with van der Waals surface area (Å²) in [4.78, 5) is 0. The third-order valence-electron chi connectivity index (χ3n) is 5.49. The highest BCUT2D eigenvalue weighted by molar-refractivity contribution is 4.77. The summed E-state index contributed by atoms with van der Waals surface area (Å²) in [5, 5.41) is 7.05. The number of nitrogens with one attached hydrogen (secondary N) is 2. The maximum absolute atomic E-state index is 5.66. The van der Waals surface area contributed by atoms with Crippen molar-refractivity contribution in [2.75, 3.05) is 41.0 Å². The zero-order valence-corrected chi connectivity index (χ0v) is 17.1. The van der Waals surface area contributed by atoms with E-state index in [4.69, 9.17) is 14.2 Å². The molecule has 0 aromatic carbocycles. The first kappa shape index (κ1) is 22.8. The molecule has 0 aliphatic carbocycles. The first-order chi connectivity index (χ1) is 12.2. The van der Waals surface area contributed by atoms with Crippen LogP contribution in [0.3, 0.4) is 0 Å². The normalized spacial score (nSPS) is 19.9. The SMILES string of the molecule is CCCCCCCCC(CCCC1CNCCN1)C(OC)(OC)OC. The van der Waals surface area contributed by atoms with E-state index in [2.05, 4.69) is 17.6 Å². The fourth-order valence-electron chi connectivity index (χ4n) is 3.95. The molecule has 0 radical (unpaired) electrons. The number of ether oxygens (including phenoxy) is 3. The lowest BCUT2D eigenvalue weighted by Crippen LogP contribution is -2.48. The molecule has 1 aliphatic heterocycles. The molecule has 1 aliphatic rings. The number of methoxy groups -OCH3 is 3. The van der Waals surface area contributed by atoms with Crippen molar-refractivity contribution < 1.29 is 14.2 Å². The van der Waals surface area contributed by atoms with Gasteiger partial charge in [0.25, 0.3) is 5.97 Å². The topological polar surface area (TPSA) is 51.8 Å². The minimum atomic E-state index is -0.901. The zero-order chi connectivity index (χ0) is 18.4. The monoisotopic (exact) mass is 358 g/mol. The van der Waals surface area contributed by atoms with Crippen LogP contribution in [0.15, 0.2) is 0 Å².